The summed E-state index contributed by atoms with van der Waals surface area (Å²) < 4.78 is 5.01. The molecule has 0 aromatic rings. The molecule has 0 N–H and O–H groups in total. The Labute approximate surface area is 85.0 Å². The molecule has 0 amide bonds. The lowest BCUT2D eigenvalue weighted by molar-refractivity contribution is -0.141. The Morgan fingerprint density at radius 3 is 2.71 bits per heavy atom. The fourth-order valence-electron chi connectivity index (χ4n) is 4.18. The van der Waals surface area contributed by atoms with Crippen LogP contribution in [0.2, 0.25) is 0 Å². The van der Waals surface area contributed by atoms with E-state index < -0.39 is 0 Å². The average Bonchev–Trinajstić information content (AvgIpc) is 2.93. The first kappa shape index (κ1) is 8.75. The molecular weight excluding hydrogens is 176 g/mol. The van der Waals surface area contributed by atoms with Crippen LogP contribution in [0.3, 0.4) is 0 Å². The molecule has 2 nitrogen and oxygen atoms in total. The SMILES string of the molecule is CC(=O)OCC[C@H]1CC[C@H]2C3[C@@H]1C32C. The van der Waals surface area contributed by atoms with E-state index in [1.807, 2.05) is 0 Å². The van der Waals surface area contributed by atoms with Crippen LogP contribution in [0.25, 0.3) is 0 Å². The lowest BCUT2D eigenvalue weighted by Gasteiger charge is -2.31. The van der Waals surface area contributed by atoms with Crippen molar-refractivity contribution < 1.29 is 9.53 Å². The largest absolute Gasteiger partial charge is 0.466 e. The molecular formula is C12H18O2. The summed E-state index contributed by atoms with van der Waals surface area (Å²) in [6.45, 7) is 4.59. The molecule has 2 bridgehead atoms. The van der Waals surface area contributed by atoms with Crippen molar-refractivity contribution in [1.82, 2.24) is 0 Å². The summed E-state index contributed by atoms with van der Waals surface area (Å²) in [5.41, 5.74) is 0.749. The minimum Gasteiger partial charge on any atom is -0.466 e. The van der Waals surface area contributed by atoms with Crippen molar-refractivity contribution in [3.8, 4) is 0 Å². The quantitative estimate of drug-likeness (QED) is 0.644. The zero-order chi connectivity index (χ0) is 9.92. The van der Waals surface area contributed by atoms with Crippen LogP contribution in [0.5, 0.6) is 0 Å². The molecule has 0 saturated heterocycles. The van der Waals surface area contributed by atoms with Gasteiger partial charge in [-0.2, -0.15) is 0 Å². The first-order valence-electron chi connectivity index (χ1n) is 5.79. The normalized spacial score (nSPS) is 52.1. The monoisotopic (exact) mass is 194 g/mol. The summed E-state index contributed by atoms with van der Waals surface area (Å²) in [6, 6.07) is 0. The van der Waals surface area contributed by atoms with Crippen LogP contribution in [0, 0.1) is 29.1 Å². The second kappa shape index (κ2) is 2.53. The highest BCUT2D eigenvalue weighted by atomic mass is 16.5. The number of hydrogen-bond acceptors (Lipinski definition) is 2. The molecule has 4 saturated carbocycles. The molecule has 0 aromatic heterocycles. The van der Waals surface area contributed by atoms with Gasteiger partial charge in [0.05, 0.1) is 6.61 Å². The first-order chi connectivity index (χ1) is 6.65. The van der Waals surface area contributed by atoms with Gasteiger partial charge in [-0.25, -0.2) is 0 Å². The summed E-state index contributed by atoms with van der Waals surface area (Å²) in [6.07, 6.45) is 3.91. The van der Waals surface area contributed by atoms with Gasteiger partial charge < -0.3 is 4.74 Å². The van der Waals surface area contributed by atoms with E-state index in [1.54, 1.807) is 0 Å². The van der Waals surface area contributed by atoms with Crippen molar-refractivity contribution in [3.05, 3.63) is 0 Å². The fraction of sp³-hybridized carbons (Fsp3) is 0.917. The van der Waals surface area contributed by atoms with Crippen molar-refractivity contribution >= 4 is 5.97 Å². The fourth-order valence-corrected chi connectivity index (χ4v) is 4.18. The van der Waals surface area contributed by atoms with Gasteiger partial charge in [0.2, 0.25) is 0 Å². The van der Waals surface area contributed by atoms with Gasteiger partial charge in [0.1, 0.15) is 0 Å². The maximum atomic E-state index is 10.6. The van der Waals surface area contributed by atoms with Crippen LogP contribution in [0.15, 0.2) is 0 Å². The number of ether oxygens (including phenoxy) is 1. The van der Waals surface area contributed by atoms with E-state index in [0.29, 0.717) is 6.61 Å². The number of fused-ring (bicyclic) bond motifs is 2. The molecule has 5 atom stereocenters. The standard InChI is InChI=1S/C12H18O2/c1-7(13)14-6-5-8-3-4-9-11-10(8)12(9,11)2/h8-11H,3-6H2,1-2H3/t8-,9+,10-,11?,12?/m1/s1. The molecule has 0 radical (unpaired) electrons. The summed E-state index contributed by atoms with van der Waals surface area (Å²) in [5, 5.41) is 0. The number of rotatable bonds is 3. The zero-order valence-electron chi connectivity index (χ0n) is 8.95. The Balaban J connectivity index is 1.48. The molecule has 0 heterocycles. The van der Waals surface area contributed by atoms with E-state index in [4.69, 9.17) is 4.74 Å². The minimum atomic E-state index is -0.133. The molecule has 78 valence electrons. The average molecular weight is 194 g/mol. The number of esters is 1. The van der Waals surface area contributed by atoms with Crippen molar-refractivity contribution in [2.24, 2.45) is 29.1 Å². The smallest absolute Gasteiger partial charge is 0.302 e. The van der Waals surface area contributed by atoms with Gasteiger partial charge in [-0.15, -0.1) is 0 Å². The van der Waals surface area contributed by atoms with E-state index in [-0.39, 0.29) is 5.97 Å². The van der Waals surface area contributed by atoms with Crippen LogP contribution < -0.4 is 0 Å². The van der Waals surface area contributed by atoms with Crippen molar-refractivity contribution in [1.29, 1.82) is 0 Å². The van der Waals surface area contributed by atoms with Gasteiger partial charge in [-0.3, -0.25) is 4.79 Å². The molecule has 4 fully saturated rings. The molecule has 14 heavy (non-hydrogen) atoms. The lowest BCUT2D eigenvalue weighted by atomic mass is 9.74. The molecule has 0 spiro atoms. The highest BCUT2D eigenvalue weighted by Gasteiger charge is 2.85. The van der Waals surface area contributed by atoms with Gasteiger partial charge in [0.15, 0.2) is 0 Å². The van der Waals surface area contributed by atoms with Crippen molar-refractivity contribution in [3.63, 3.8) is 0 Å². The van der Waals surface area contributed by atoms with Crippen molar-refractivity contribution in [2.45, 2.75) is 33.1 Å². The summed E-state index contributed by atoms with van der Waals surface area (Å²) in [5.74, 6) is 3.87. The second-order valence-corrected chi connectivity index (χ2v) is 5.49. The maximum Gasteiger partial charge on any atom is 0.302 e. The zero-order valence-corrected chi connectivity index (χ0v) is 8.95. The third-order valence-electron chi connectivity index (χ3n) is 4.99. The number of carbonyl (C=O) groups excluding carboxylic acids is 1. The van der Waals surface area contributed by atoms with Crippen LogP contribution in [0.1, 0.15) is 33.1 Å². The molecule has 2 unspecified atom stereocenters. The Hall–Kier alpha value is -0.530. The predicted molar refractivity (Wildman–Crippen MR) is 52.6 cm³/mol. The van der Waals surface area contributed by atoms with E-state index >= 15 is 0 Å². The molecule has 4 aliphatic carbocycles. The molecule has 2 heteroatoms. The first-order valence-corrected chi connectivity index (χ1v) is 5.79. The van der Waals surface area contributed by atoms with E-state index in [9.17, 15) is 4.79 Å². The van der Waals surface area contributed by atoms with Crippen LogP contribution in [0.4, 0.5) is 0 Å². The highest BCUT2D eigenvalue weighted by Crippen LogP contribution is 2.89. The topological polar surface area (TPSA) is 26.3 Å². The Kier molecular flexibility index (Phi) is 1.58. The lowest BCUT2D eigenvalue weighted by Crippen LogP contribution is -2.25. The van der Waals surface area contributed by atoms with Crippen LogP contribution in [-0.2, 0) is 9.53 Å². The van der Waals surface area contributed by atoms with Gasteiger partial charge in [-0.1, -0.05) is 6.92 Å². The second-order valence-electron chi connectivity index (χ2n) is 5.49. The molecule has 0 aliphatic heterocycles. The molecule has 0 aromatic carbocycles. The molecule has 4 aliphatic rings. The third kappa shape index (κ3) is 0.945. The van der Waals surface area contributed by atoms with Gasteiger partial charge in [-0.05, 0) is 48.3 Å². The Bertz CT molecular complexity index is 286. The van der Waals surface area contributed by atoms with E-state index in [2.05, 4.69) is 6.92 Å². The van der Waals surface area contributed by atoms with E-state index in [0.717, 1.165) is 35.5 Å². The molecule has 4 rings (SSSR count). The van der Waals surface area contributed by atoms with Gasteiger partial charge >= 0.3 is 5.97 Å². The van der Waals surface area contributed by atoms with E-state index in [1.165, 1.54) is 19.8 Å². The number of hydrogen-bond donors (Lipinski definition) is 0. The number of carbonyl (C=O) groups is 1. The predicted octanol–water partition coefficient (Wildman–Crippen LogP) is 2.23. The minimum absolute atomic E-state index is 0.133. The van der Waals surface area contributed by atoms with Gasteiger partial charge in [0, 0.05) is 6.92 Å². The summed E-state index contributed by atoms with van der Waals surface area (Å²) >= 11 is 0. The summed E-state index contributed by atoms with van der Waals surface area (Å²) in [7, 11) is 0. The van der Waals surface area contributed by atoms with Gasteiger partial charge in [0.25, 0.3) is 0 Å². The highest BCUT2D eigenvalue weighted by molar-refractivity contribution is 5.65. The Morgan fingerprint density at radius 2 is 2.14 bits per heavy atom. The Morgan fingerprint density at radius 1 is 1.43 bits per heavy atom. The summed E-state index contributed by atoms with van der Waals surface area (Å²) in [4.78, 5) is 10.6. The van der Waals surface area contributed by atoms with Crippen molar-refractivity contribution in [2.75, 3.05) is 6.61 Å². The van der Waals surface area contributed by atoms with Crippen LogP contribution >= 0.6 is 0 Å². The maximum absolute atomic E-state index is 10.6. The van der Waals surface area contributed by atoms with Crippen LogP contribution in [-0.4, -0.2) is 12.6 Å². The third-order valence-corrected chi connectivity index (χ3v) is 4.99.